The van der Waals surface area contributed by atoms with Crippen molar-refractivity contribution in [3.8, 4) is 5.75 Å². The number of rotatable bonds is 11. The molecular formula is C23H39N7O3S. The number of methoxy groups -OCH3 is 1. The summed E-state index contributed by atoms with van der Waals surface area (Å²) in [6.07, 6.45) is 3.87. The molecule has 0 amide bonds. The molecular weight excluding hydrogens is 454 g/mol. The summed E-state index contributed by atoms with van der Waals surface area (Å²) in [5, 5.41) is 9.12. The van der Waals surface area contributed by atoms with Crippen molar-refractivity contribution in [2.45, 2.75) is 44.4 Å². The van der Waals surface area contributed by atoms with E-state index in [2.05, 4.69) is 37.2 Å². The summed E-state index contributed by atoms with van der Waals surface area (Å²) in [6, 6.07) is 6.40. The number of nitrogens with zero attached hydrogens (tertiary/aromatic N) is 2. The second-order valence-electron chi connectivity index (χ2n) is 8.22. The Morgan fingerprint density at radius 2 is 1.74 bits per heavy atom. The molecule has 1 saturated carbocycles. The Morgan fingerprint density at radius 1 is 1.09 bits per heavy atom. The van der Waals surface area contributed by atoms with Crippen molar-refractivity contribution in [2.24, 2.45) is 27.6 Å². The third kappa shape index (κ3) is 9.22. The summed E-state index contributed by atoms with van der Waals surface area (Å²) < 4.78 is 32.9. The van der Waals surface area contributed by atoms with Gasteiger partial charge in [-0.15, -0.1) is 0 Å². The molecule has 2 rings (SSSR count). The lowest BCUT2D eigenvalue weighted by atomic mass is 9.82. The molecule has 6 N–H and O–H groups in total. The normalized spacial score (nSPS) is 19.4. The highest BCUT2D eigenvalue weighted by molar-refractivity contribution is 7.89. The van der Waals surface area contributed by atoms with E-state index in [9.17, 15) is 8.42 Å². The van der Waals surface area contributed by atoms with E-state index in [0.717, 1.165) is 32.2 Å². The number of benzene rings is 1. The summed E-state index contributed by atoms with van der Waals surface area (Å²) in [7, 11) is -1.98. The Kier molecular flexibility index (Phi) is 11.1. The third-order valence-electron chi connectivity index (χ3n) is 5.64. The molecule has 0 aliphatic heterocycles. The van der Waals surface area contributed by atoms with E-state index in [1.807, 2.05) is 13.8 Å². The van der Waals surface area contributed by atoms with Crippen molar-refractivity contribution < 1.29 is 13.2 Å². The molecule has 0 aromatic heterocycles. The number of hydrogen-bond donors (Lipinski definition) is 5. The second-order valence-corrected chi connectivity index (χ2v) is 9.99. The predicted molar refractivity (Wildman–Crippen MR) is 137 cm³/mol. The molecule has 0 atom stereocenters. The summed E-state index contributed by atoms with van der Waals surface area (Å²) in [5.41, 5.74) is 6.05. The standard InChI is InChI=1S/C23H39N7O3S/c1-5-25-17(3)29-23(26-6-2)30-22(24)27-15-18-7-9-19(10-8-18)16-28-34(31,32)21-13-11-20(33-4)12-14-21/h11-14,18-19,25,28H,3,5-10,15-16H2,1-2,4H3,(H4,24,26,27,29,30). The minimum absolute atomic E-state index is 0.244. The highest BCUT2D eigenvalue weighted by Crippen LogP contribution is 2.29. The average molecular weight is 494 g/mol. The first-order valence-electron chi connectivity index (χ1n) is 11.7. The maximum atomic E-state index is 12.5. The number of guanidine groups is 2. The van der Waals surface area contributed by atoms with Gasteiger partial charge in [0, 0.05) is 26.2 Å². The number of aliphatic imine (C=N–C) groups is 2. The van der Waals surface area contributed by atoms with E-state index >= 15 is 0 Å². The van der Waals surface area contributed by atoms with Crippen LogP contribution < -0.4 is 31.1 Å². The zero-order valence-electron chi connectivity index (χ0n) is 20.4. The minimum atomic E-state index is -3.53. The lowest BCUT2D eigenvalue weighted by molar-refractivity contribution is 0.280. The van der Waals surface area contributed by atoms with E-state index in [0.29, 0.717) is 55.0 Å². The van der Waals surface area contributed by atoms with Crippen LogP contribution in [0.25, 0.3) is 0 Å². The first kappa shape index (κ1) is 27.5. The van der Waals surface area contributed by atoms with Crippen LogP contribution in [0.4, 0.5) is 0 Å². The van der Waals surface area contributed by atoms with Crippen molar-refractivity contribution in [3.05, 3.63) is 36.7 Å². The fourth-order valence-corrected chi connectivity index (χ4v) is 4.86. The maximum absolute atomic E-state index is 12.5. The van der Waals surface area contributed by atoms with Crippen molar-refractivity contribution in [2.75, 3.05) is 33.3 Å². The molecule has 0 heterocycles. The molecule has 0 bridgehead atoms. The van der Waals surface area contributed by atoms with Crippen LogP contribution in [0.3, 0.4) is 0 Å². The van der Waals surface area contributed by atoms with Crippen molar-refractivity contribution in [1.82, 2.24) is 20.7 Å². The number of nitrogens with two attached hydrogens (primary N) is 1. The number of sulfonamides is 1. The van der Waals surface area contributed by atoms with E-state index in [1.54, 1.807) is 31.4 Å². The van der Waals surface area contributed by atoms with Crippen LogP contribution in [0.2, 0.25) is 0 Å². The smallest absolute Gasteiger partial charge is 0.240 e. The molecule has 1 aliphatic rings. The number of nitrogens with one attached hydrogen (secondary N) is 4. The average Bonchev–Trinajstić information content (AvgIpc) is 2.82. The van der Waals surface area contributed by atoms with Crippen LogP contribution >= 0.6 is 0 Å². The Bertz CT molecular complexity index is 938. The van der Waals surface area contributed by atoms with Crippen LogP contribution in [-0.4, -0.2) is 53.6 Å². The van der Waals surface area contributed by atoms with E-state index in [-0.39, 0.29) is 4.90 Å². The quantitative estimate of drug-likeness (QED) is 0.233. The van der Waals surface area contributed by atoms with Gasteiger partial charge < -0.3 is 21.1 Å². The van der Waals surface area contributed by atoms with Gasteiger partial charge in [0.05, 0.1) is 17.8 Å². The van der Waals surface area contributed by atoms with Crippen LogP contribution in [0.1, 0.15) is 39.5 Å². The highest BCUT2D eigenvalue weighted by atomic mass is 32.2. The molecule has 1 fully saturated rings. The maximum Gasteiger partial charge on any atom is 0.240 e. The molecule has 0 unspecified atom stereocenters. The minimum Gasteiger partial charge on any atom is -0.497 e. The fraction of sp³-hybridized carbons (Fsp3) is 0.565. The molecule has 1 aromatic rings. The first-order valence-corrected chi connectivity index (χ1v) is 13.2. The summed E-state index contributed by atoms with van der Waals surface area (Å²) >= 11 is 0. The largest absolute Gasteiger partial charge is 0.497 e. The van der Waals surface area contributed by atoms with Gasteiger partial charge >= 0.3 is 0 Å². The lowest BCUT2D eigenvalue weighted by Crippen LogP contribution is -2.46. The van der Waals surface area contributed by atoms with Gasteiger partial charge in [-0.3, -0.25) is 15.3 Å². The summed E-state index contributed by atoms with van der Waals surface area (Å²) in [5.74, 6) is 2.80. The van der Waals surface area contributed by atoms with Crippen LogP contribution in [0.5, 0.6) is 5.75 Å². The molecule has 1 aromatic carbocycles. The number of hydrogen-bond acceptors (Lipinski definition) is 6. The van der Waals surface area contributed by atoms with Gasteiger partial charge in [-0.05, 0) is 75.6 Å². The Balaban J connectivity index is 1.77. The molecule has 10 nitrogen and oxygen atoms in total. The molecule has 0 spiro atoms. The van der Waals surface area contributed by atoms with Crippen molar-refractivity contribution in [1.29, 1.82) is 0 Å². The molecule has 0 saturated heterocycles. The van der Waals surface area contributed by atoms with Crippen LogP contribution in [-0.2, 0) is 10.0 Å². The van der Waals surface area contributed by atoms with Crippen LogP contribution in [0.15, 0.2) is 51.5 Å². The van der Waals surface area contributed by atoms with Gasteiger partial charge in [0.25, 0.3) is 0 Å². The topological polar surface area (TPSA) is 142 Å². The molecule has 11 heteroatoms. The fourth-order valence-electron chi connectivity index (χ4n) is 3.74. The lowest BCUT2D eigenvalue weighted by Gasteiger charge is -2.27. The van der Waals surface area contributed by atoms with Gasteiger partial charge in [-0.2, -0.15) is 0 Å². The monoisotopic (exact) mass is 493 g/mol. The van der Waals surface area contributed by atoms with Crippen molar-refractivity contribution in [3.63, 3.8) is 0 Å². The van der Waals surface area contributed by atoms with Gasteiger partial charge in [0.1, 0.15) is 5.75 Å². The van der Waals surface area contributed by atoms with Gasteiger partial charge in [-0.25, -0.2) is 13.1 Å². The van der Waals surface area contributed by atoms with E-state index < -0.39 is 10.0 Å². The van der Waals surface area contributed by atoms with E-state index in [4.69, 9.17) is 10.5 Å². The Morgan fingerprint density at radius 3 is 2.32 bits per heavy atom. The molecule has 34 heavy (non-hydrogen) atoms. The van der Waals surface area contributed by atoms with Crippen LogP contribution in [0, 0.1) is 11.8 Å². The van der Waals surface area contributed by atoms with Gasteiger partial charge in [0.2, 0.25) is 16.0 Å². The second kappa shape index (κ2) is 13.8. The molecule has 0 radical (unpaired) electrons. The third-order valence-corrected chi connectivity index (χ3v) is 7.08. The highest BCUT2D eigenvalue weighted by Gasteiger charge is 2.23. The van der Waals surface area contributed by atoms with Crippen molar-refractivity contribution >= 4 is 21.9 Å². The molecule has 1 aliphatic carbocycles. The summed E-state index contributed by atoms with van der Waals surface area (Å²) in [4.78, 5) is 9.05. The summed E-state index contributed by atoms with van der Waals surface area (Å²) in [6.45, 7) is 10.2. The first-order chi connectivity index (χ1) is 16.3. The SMILES string of the molecule is C=C(NCC)NC(=NCC)NC(N)=NCC1CCC(CNS(=O)(=O)c2ccc(OC)cc2)CC1. The zero-order valence-corrected chi connectivity index (χ0v) is 21.2. The predicted octanol–water partition coefficient (Wildman–Crippen LogP) is 1.73. The molecule has 190 valence electrons. The number of ether oxygens (including phenoxy) is 1. The van der Waals surface area contributed by atoms with E-state index in [1.165, 1.54) is 0 Å². The Labute approximate surface area is 203 Å². The van der Waals surface area contributed by atoms with Gasteiger partial charge in [-0.1, -0.05) is 6.58 Å². The Hall–Kier alpha value is -2.79. The van der Waals surface area contributed by atoms with Gasteiger partial charge in [0.15, 0.2) is 5.96 Å². The zero-order chi connectivity index (χ0) is 25.0.